The normalized spacial score (nSPS) is 11.8. The van der Waals surface area contributed by atoms with Crippen LogP contribution in [0.5, 0.6) is 0 Å². The summed E-state index contributed by atoms with van der Waals surface area (Å²) in [5.41, 5.74) is 1.01. The largest absolute Gasteiger partial charge is 0.467 e. The minimum atomic E-state index is -1.39. The van der Waals surface area contributed by atoms with Crippen LogP contribution in [-0.4, -0.2) is 41.7 Å². The molecule has 19 heavy (non-hydrogen) atoms. The van der Waals surface area contributed by atoms with Crippen LogP contribution in [0.3, 0.4) is 0 Å². The lowest BCUT2D eigenvalue weighted by Gasteiger charge is -2.10. The van der Waals surface area contributed by atoms with E-state index in [9.17, 15) is 14.7 Å². The highest BCUT2D eigenvalue weighted by Crippen LogP contribution is 2.11. The fraction of sp³-hybridized carbons (Fsp3) is 0.417. The van der Waals surface area contributed by atoms with Gasteiger partial charge in [-0.25, -0.2) is 9.78 Å². The van der Waals surface area contributed by atoms with E-state index in [1.54, 1.807) is 6.07 Å². The van der Waals surface area contributed by atoms with Gasteiger partial charge >= 0.3 is 5.97 Å². The first-order chi connectivity index (χ1) is 8.97. The Kier molecular flexibility index (Phi) is 5.72. The number of methoxy groups -OCH3 is 1. The van der Waals surface area contributed by atoms with Crippen LogP contribution in [0, 0.1) is 0 Å². The van der Waals surface area contributed by atoms with Gasteiger partial charge in [-0.3, -0.25) is 4.79 Å². The van der Waals surface area contributed by atoms with Gasteiger partial charge in [0.25, 0.3) is 5.91 Å². The first-order valence-corrected chi connectivity index (χ1v) is 6.06. The second-order valence-corrected chi connectivity index (χ2v) is 4.16. The summed E-state index contributed by atoms with van der Waals surface area (Å²) in [6.07, 6.45) is -0.747. The van der Waals surface area contributed by atoms with Crippen molar-refractivity contribution in [2.24, 2.45) is 0 Å². The van der Waals surface area contributed by atoms with E-state index in [4.69, 9.17) is 11.6 Å². The Hall–Kier alpha value is -1.66. The van der Waals surface area contributed by atoms with E-state index in [0.717, 1.165) is 7.11 Å². The molecule has 0 aromatic carbocycles. The quantitative estimate of drug-likeness (QED) is 0.610. The maximum absolute atomic E-state index is 11.8. The molecule has 1 rings (SSSR count). The second-order valence-electron chi connectivity index (χ2n) is 3.77. The molecule has 0 aliphatic heterocycles. The van der Waals surface area contributed by atoms with Crippen LogP contribution in [0.4, 0.5) is 0 Å². The first-order valence-electron chi connectivity index (χ1n) is 5.68. The van der Waals surface area contributed by atoms with Gasteiger partial charge in [-0.05, 0) is 18.6 Å². The standard InChI is InChI=1S/C12H15ClN2O4/c1-3-8-4-7(5-10(13)15-8)11(17)14-6-9(16)12(18)19-2/h4-5,9,16H,3,6H2,1-2H3,(H,14,17). The van der Waals surface area contributed by atoms with Gasteiger partial charge < -0.3 is 15.2 Å². The van der Waals surface area contributed by atoms with Crippen LogP contribution in [0.1, 0.15) is 23.0 Å². The number of aryl methyl sites for hydroxylation is 1. The number of esters is 1. The van der Waals surface area contributed by atoms with Crippen molar-refractivity contribution in [1.29, 1.82) is 0 Å². The molecular weight excluding hydrogens is 272 g/mol. The van der Waals surface area contributed by atoms with E-state index in [1.807, 2.05) is 6.92 Å². The van der Waals surface area contributed by atoms with E-state index in [2.05, 4.69) is 15.0 Å². The predicted molar refractivity (Wildman–Crippen MR) is 69.0 cm³/mol. The number of pyridine rings is 1. The average Bonchev–Trinajstić information content (AvgIpc) is 2.42. The molecule has 0 saturated heterocycles. The lowest BCUT2D eigenvalue weighted by Crippen LogP contribution is -2.37. The van der Waals surface area contributed by atoms with Crippen LogP contribution >= 0.6 is 11.6 Å². The summed E-state index contributed by atoms with van der Waals surface area (Å²) in [7, 11) is 1.16. The minimum Gasteiger partial charge on any atom is -0.467 e. The maximum atomic E-state index is 11.8. The van der Waals surface area contributed by atoms with E-state index >= 15 is 0 Å². The highest BCUT2D eigenvalue weighted by Gasteiger charge is 2.17. The monoisotopic (exact) mass is 286 g/mol. The third-order valence-electron chi connectivity index (χ3n) is 2.40. The van der Waals surface area contributed by atoms with Gasteiger partial charge in [0.1, 0.15) is 5.15 Å². The summed E-state index contributed by atoms with van der Waals surface area (Å²) >= 11 is 5.79. The number of ether oxygens (including phenoxy) is 1. The molecule has 0 radical (unpaired) electrons. The molecule has 1 amide bonds. The Morgan fingerprint density at radius 3 is 2.79 bits per heavy atom. The smallest absolute Gasteiger partial charge is 0.336 e. The molecule has 1 aromatic rings. The summed E-state index contributed by atoms with van der Waals surface area (Å²) in [6, 6.07) is 3.02. The predicted octanol–water partition coefficient (Wildman–Crippen LogP) is 0.561. The summed E-state index contributed by atoms with van der Waals surface area (Å²) in [5.74, 6) is -1.25. The lowest BCUT2D eigenvalue weighted by molar-refractivity contribution is -0.149. The molecule has 1 aromatic heterocycles. The van der Waals surface area contributed by atoms with Crippen LogP contribution < -0.4 is 5.32 Å². The van der Waals surface area contributed by atoms with Crippen molar-refractivity contribution in [2.45, 2.75) is 19.4 Å². The number of aliphatic hydroxyl groups is 1. The Bertz CT molecular complexity index is 479. The third-order valence-corrected chi connectivity index (χ3v) is 2.59. The summed E-state index contributed by atoms with van der Waals surface area (Å²) < 4.78 is 4.33. The van der Waals surface area contributed by atoms with Crippen molar-refractivity contribution in [3.8, 4) is 0 Å². The first kappa shape index (κ1) is 15.4. The molecule has 7 heteroatoms. The van der Waals surface area contributed by atoms with E-state index < -0.39 is 18.0 Å². The number of amides is 1. The maximum Gasteiger partial charge on any atom is 0.336 e. The van der Waals surface area contributed by atoms with Gasteiger partial charge in [-0.1, -0.05) is 18.5 Å². The Morgan fingerprint density at radius 1 is 1.53 bits per heavy atom. The number of halogens is 1. The molecule has 0 saturated carbocycles. The Morgan fingerprint density at radius 2 is 2.21 bits per heavy atom. The molecule has 0 spiro atoms. The second kappa shape index (κ2) is 7.06. The molecule has 0 fully saturated rings. The van der Waals surface area contributed by atoms with Crippen molar-refractivity contribution in [2.75, 3.05) is 13.7 Å². The topological polar surface area (TPSA) is 88.5 Å². The van der Waals surface area contributed by atoms with Crippen LogP contribution in [-0.2, 0) is 16.0 Å². The van der Waals surface area contributed by atoms with Crippen LogP contribution in [0.2, 0.25) is 5.15 Å². The number of hydrogen-bond donors (Lipinski definition) is 2. The van der Waals surface area contributed by atoms with Crippen LogP contribution in [0.25, 0.3) is 0 Å². The summed E-state index contributed by atoms with van der Waals surface area (Å²) in [5, 5.41) is 12.0. The van der Waals surface area contributed by atoms with E-state index in [1.165, 1.54) is 6.07 Å². The molecule has 104 valence electrons. The van der Waals surface area contributed by atoms with Gasteiger partial charge in [-0.15, -0.1) is 0 Å². The van der Waals surface area contributed by atoms with E-state index in [0.29, 0.717) is 17.7 Å². The Labute approximate surface area is 115 Å². The van der Waals surface area contributed by atoms with Gasteiger partial charge in [0.05, 0.1) is 13.7 Å². The van der Waals surface area contributed by atoms with Crippen molar-refractivity contribution < 1.29 is 19.4 Å². The zero-order valence-electron chi connectivity index (χ0n) is 10.6. The number of carbonyl (C=O) groups is 2. The number of nitrogens with zero attached hydrogens (tertiary/aromatic N) is 1. The molecule has 1 atom stereocenters. The summed E-state index contributed by atoms with van der Waals surface area (Å²) in [4.78, 5) is 26.8. The number of carbonyl (C=O) groups excluding carboxylic acids is 2. The SMILES string of the molecule is CCc1cc(C(=O)NCC(O)C(=O)OC)cc(Cl)n1. The van der Waals surface area contributed by atoms with Gasteiger partial charge in [0.2, 0.25) is 0 Å². The number of aliphatic hydroxyl groups excluding tert-OH is 1. The number of rotatable bonds is 5. The molecular formula is C12H15ClN2O4. The lowest BCUT2D eigenvalue weighted by atomic mass is 10.2. The average molecular weight is 287 g/mol. The highest BCUT2D eigenvalue weighted by atomic mass is 35.5. The third kappa shape index (κ3) is 4.50. The zero-order valence-corrected chi connectivity index (χ0v) is 11.4. The van der Waals surface area contributed by atoms with Gasteiger partial charge in [0.15, 0.2) is 6.10 Å². The van der Waals surface area contributed by atoms with Crippen molar-refractivity contribution >= 4 is 23.5 Å². The molecule has 0 bridgehead atoms. The fourth-order valence-electron chi connectivity index (χ4n) is 1.37. The summed E-state index contributed by atoms with van der Waals surface area (Å²) in [6.45, 7) is 1.66. The molecule has 2 N–H and O–H groups in total. The van der Waals surface area contributed by atoms with Crippen molar-refractivity contribution in [1.82, 2.24) is 10.3 Å². The Balaban J connectivity index is 2.68. The molecule has 6 nitrogen and oxygen atoms in total. The van der Waals surface area contributed by atoms with E-state index in [-0.39, 0.29) is 11.7 Å². The molecule has 0 aliphatic carbocycles. The molecule has 1 unspecified atom stereocenters. The fourth-order valence-corrected chi connectivity index (χ4v) is 1.60. The molecule has 1 heterocycles. The highest BCUT2D eigenvalue weighted by molar-refractivity contribution is 6.29. The van der Waals surface area contributed by atoms with Gasteiger partial charge in [-0.2, -0.15) is 0 Å². The van der Waals surface area contributed by atoms with Gasteiger partial charge in [0, 0.05) is 11.3 Å². The van der Waals surface area contributed by atoms with Crippen molar-refractivity contribution in [3.05, 3.63) is 28.5 Å². The molecule has 0 aliphatic rings. The number of hydrogen-bond acceptors (Lipinski definition) is 5. The number of nitrogens with one attached hydrogen (secondary N) is 1. The van der Waals surface area contributed by atoms with Crippen molar-refractivity contribution in [3.63, 3.8) is 0 Å². The van der Waals surface area contributed by atoms with Crippen LogP contribution in [0.15, 0.2) is 12.1 Å². The number of aromatic nitrogens is 1. The minimum absolute atomic E-state index is 0.220. The zero-order chi connectivity index (χ0) is 14.4.